The maximum Gasteiger partial charge on any atom is 0.311 e. The van der Waals surface area contributed by atoms with E-state index in [9.17, 15) is 9.59 Å². The number of carbonyl (C=O) groups excluding carboxylic acids is 2. The molecule has 0 aliphatic heterocycles. The number of nitrogens with one attached hydrogen (secondary N) is 2. The molecule has 1 aliphatic carbocycles. The van der Waals surface area contributed by atoms with Crippen molar-refractivity contribution in [3.05, 3.63) is 113 Å². The maximum absolute atomic E-state index is 13.4. The predicted molar refractivity (Wildman–Crippen MR) is 156 cm³/mol. The second kappa shape index (κ2) is 13.6. The van der Waals surface area contributed by atoms with E-state index < -0.39 is 17.9 Å². The summed E-state index contributed by atoms with van der Waals surface area (Å²) in [6.45, 7) is 0. The van der Waals surface area contributed by atoms with Gasteiger partial charge in [0.25, 0.3) is 5.91 Å². The van der Waals surface area contributed by atoms with Crippen molar-refractivity contribution in [2.24, 2.45) is 11.7 Å². The van der Waals surface area contributed by atoms with Crippen LogP contribution in [0.4, 0.5) is 0 Å². The molecule has 6 nitrogen and oxygen atoms in total. The number of benzene rings is 3. The van der Waals surface area contributed by atoms with Crippen molar-refractivity contribution in [1.82, 2.24) is 5.32 Å². The first-order chi connectivity index (χ1) is 18.9. The number of ether oxygens (including phenoxy) is 1. The van der Waals surface area contributed by atoms with Gasteiger partial charge in [-0.2, -0.15) is 0 Å². The highest BCUT2D eigenvalue weighted by Crippen LogP contribution is 2.32. The zero-order chi connectivity index (χ0) is 27.6. The third-order valence-corrected chi connectivity index (χ3v) is 7.47. The largest absolute Gasteiger partial charge is 0.469 e. The lowest BCUT2D eigenvalue weighted by Crippen LogP contribution is -2.43. The standard InChI is InChI=1S/C33H37N3O3/c1-39-33(38)29(22-24-11-8-14-28(21-24)31(34)35)30(20-15-23-9-4-2-5-10-23)36-32(37)27-18-16-26(17-19-27)25-12-6-3-7-13-25/h2,4-5,8-11,14-21,25,29-30H,3,6-7,12-13,22H2,1H3,(H3,34,35)(H,36,37). The Morgan fingerprint density at radius 2 is 1.69 bits per heavy atom. The first-order valence-corrected chi connectivity index (χ1v) is 13.6. The minimum atomic E-state index is -0.692. The van der Waals surface area contributed by atoms with Crippen molar-refractivity contribution < 1.29 is 14.3 Å². The lowest BCUT2D eigenvalue weighted by molar-refractivity contribution is -0.145. The molecule has 1 saturated carbocycles. The summed E-state index contributed by atoms with van der Waals surface area (Å²) in [6, 6.07) is 24.2. The molecule has 4 N–H and O–H groups in total. The third kappa shape index (κ3) is 7.66. The van der Waals surface area contributed by atoms with Gasteiger partial charge >= 0.3 is 5.97 Å². The molecule has 0 radical (unpaired) electrons. The smallest absolute Gasteiger partial charge is 0.311 e. The molecule has 1 amide bonds. The van der Waals surface area contributed by atoms with E-state index in [1.54, 1.807) is 12.1 Å². The molecule has 39 heavy (non-hydrogen) atoms. The van der Waals surface area contributed by atoms with Crippen molar-refractivity contribution in [1.29, 1.82) is 5.41 Å². The molecule has 1 fully saturated rings. The molecule has 1 aliphatic rings. The van der Waals surface area contributed by atoms with Crippen LogP contribution in [0.25, 0.3) is 6.08 Å². The van der Waals surface area contributed by atoms with E-state index in [1.807, 2.05) is 66.7 Å². The number of hydrogen-bond acceptors (Lipinski definition) is 4. The third-order valence-electron chi connectivity index (χ3n) is 7.47. The van der Waals surface area contributed by atoms with Crippen LogP contribution in [-0.4, -0.2) is 30.9 Å². The Morgan fingerprint density at radius 3 is 2.36 bits per heavy atom. The normalized spacial score (nSPS) is 15.4. The highest BCUT2D eigenvalue weighted by atomic mass is 16.5. The van der Waals surface area contributed by atoms with Gasteiger partial charge in [0.15, 0.2) is 0 Å². The number of amides is 1. The molecule has 0 bridgehead atoms. The van der Waals surface area contributed by atoms with E-state index in [1.165, 1.54) is 44.8 Å². The summed E-state index contributed by atoms with van der Waals surface area (Å²) in [5, 5.41) is 10.8. The molecular weight excluding hydrogens is 486 g/mol. The number of methoxy groups -OCH3 is 1. The number of nitrogens with two attached hydrogens (primary N) is 1. The van der Waals surface area contributed by atoms with Crippen molar-refractivity contribution in [3.8, 4) is 0 Å². The number of hydrogen-bond donors (Lipinski definition) is 3. The minimum Gasteiger partial charge on any atom is -0.469 e. The topological polar surface area (TPSA) is 105 Å². The van der Waals surface area contributed by atoms with Crippen molar-refractivity contribution in [2.75, 3.05) is 7.11 Å². The van der Waals surface area contributed by atoms with E-state index in [4.69, 9.17) is 15.9 Å². The highest BCUT2D eigenvalue weighted by molar-refractivity contribution is 5.95. The monoisotopic (exact) mass is 523 g/mol. The lowest BCUT2D eigenvalue weighted by Gasteiger charge is -2.25. The Balaban J connectivity index is 1.60. The van der Waals surface area contributed by atoms with Gasteiger partial charge < -0.3 is 15.8 Å². The second-order valence-corrected chi connectivity index (χ2v) is 10.2. The van der Waals surface area contributed by atoms with Crippen LogP contribution < -0.4 is 11.1 Å². The van der Waals surface area contributed by atoms with Crippen LogP contribution in [0.3, 0.4) is 0 Å². The average molecular weight is 524 g/mol. The van der Waals surface area contributed by atoms with Crippen LogP contribution in [0.1, 0.15) is 70.6 Å². The number of esters is 1. The summed E-state index contributed by atoms with van der Waals surface area (Å²) >= 11 is 0. The van der Waals surface area contributed by atoms with Gasteiger partial charge in [0.05, 0.1) is 19.1 Å². The van der Waals surface area contributed by atoms with Crippen LogP contribution in [-0.2, 0) is 16.0 Å². The maximum atomic E-state index is 13.4. The molecule has 0 heterocycles. The van der Waals surface area contributed by atoms with Gasteiger partial charge in [-0.25, -0.2) is 0 Å². The number of rotatable bonds is 10. The Hall–Kier alpha value is -4.19. The van der Waals surface area contributed by atoms with E-state index >= 15 is 0 Å². The molecule has 4 rings (SSSR count). The van der Waals surface area contributed by atoms with E-state index in [-0.39, 0.29) is 11.7 Å². The molecule has 3 aromatic rings. The molecular formula is C33H37N3O3. The summed E-state index contributed by atoms with van der Waals surface area (Å²) in [5.41, 5.74) is 9.87. The van der Waals surface area contributed by atoms with Gasteiger partial charge in [0.1, 0.15) is 5.84 Å². The van der Waals surface area contributed by atoms with Crippen LogP contribution in [0.5, 0.6) is 0 Å². The van der Waals surface area contributed by atoms with Gasteiger partial charge in [0.2, 0.25) is 0 Å². The Kier molecular flexibility index (Phi) is 9.68. The van der Waals surface area contributed by atoms with Crippen molar-refractivity contribution in [3.63, 3.8) is 0 Å². The van der Waals surface area contributed by atoms with Crippen LogP contribution in [0.15, 0.2) is 84.9 Å². The zero-order valence-electron chi connectivity index (χ0n) is 22.4. The van der Waals surface area contributed by atoms with Crippen molar-refractivity contribution in [2.45, 2.75) is 50.5 Å². The first kappa shape index (κ1) is 27.8. The lowest BCUT2D eigenvalue weighted by atomic mass is 9.84. The number of nitrogen functional groups attached to an aromatic ring is 1. The van der Waals surface area contributed by atoms with E-state index in [2.05, 4.69) is 17.4 Å². The molecule has 2 atom stereocenters. The van der Waals surface area contributed by atoms with Gasteiger partial charge in [0, 0.05) is 11.1 Å². The SMILES string of the molecule is COC(=O)C(Cc1cccc(C(=N)N)c1)C(C=Cc1ccccc1)NC(=O)c1ccc(C2CCCCC2)cc1. The van der Waals surface area contributed by atoms with Gasteiger partial charge in [-0.05, 0) is 60.1 Å². The van der Waals surface area contributed by atoms with Gasteiger partial charge in [-0.15, -0.1) is 0 Å². The summed E-state index contributed by atoms with van der Waals surface area (Å²) in [5.74, 6) is -0.857. The zero-order valence-corrected chi connectivity index (χ0v) is 22.4. The minimum absolute atomic E-state index is 0.0445. The predicted octanol–water partition coefficient (Wildman–Crippen LogP) is 5.86. The van der Waals surface area contributed by atoms with E-state index in [0.29, 0.717) is 23.5 Å². The Labute approximate surface area is 230 Å². The molecule has 0 saturated heterocycles. The van der Waals surface area contributed by atoms with Gasteiger partial charge in [-0.3, -0.25) is 15.0 Å². The Bertz CT molecular complexity index is 1300. The van der Waals surface area contributed by atoms with Crippen LogP contribution >= 0.6 is 0 Å². The first-order valence-electron chi connectivity index (χ1n) is 13.6. The summed E-state index contributed by atoms with van der Waals surface area (Å²) in [6.07, 6.45) is 10.3. The Morgan fingerprint density at radius 1 is 0.974 bits per heavy atom. The molecule has 0 spiro atoms. The fourth-order valence-corrected chi connectivity index (χ4v) is 5.27. The number of carbonyl (C=O) groups is 2. The fraction of sp³-hybridized carbons (Fsp3) is 0.303. The fourth-order valence-electron chi connectivity index (χ4n) is 5.27. The average Bonchev–Trinajstić information content (AvgIpc) is 2.99. The van der Waals surface area contributed by atoms with Gasteiger partial charge in [-0.1, -0.05) is 92.1 Å². The summed E-state index contributed by atoms with van der Waals surface area (Å²) in [4.78, 5) is 26.5. The van der Waals surface area contributed by atoms with Crippen LogP contribution in [0, 0.1) is 11.3 Å². The quantitative estimate of drug-likeness (QED) is 0.176. The molecule has 202 valence electrons. The summed E-state index contributed by atoms with van der Waals surface area (Å²) < 4.78 is 5.17. The van der Waals surface area contributed by atoms with E-state index in [0.717, 1.165) is 11.1 Å². The molecule has 6 heteroatoms. The highest BCUT2D eigenvalue weighted by Gasteiger charge is 2.30. The second-order valence-electron chi connectivity index (χ2n) is 10.2. The number of amidine groups is 1. The summed E-state index contributed by atoms with van der Waals surface area (Å²) in [7, 11) is 1.35. The molecule has 2 unspecified atom stereocenters. The molecule has 0 aromatic heterocycles. The van der Waals surface area contributed by atoms with Crippen LogP contribution in [0.2, 0.25) is 0 Å². The molecule has 3 aromatic carbocycles. The van der Waals surface area contributed by atoms with Crippen molar-refractivity contribution >= 4 is 23.8 Å².